The summed E-state index contributed by atoms with van der Waals surface area (Å²) in [6.45, 7) is 8.52. The van der Waals surface area contributed by atoms with Gasteiger partial charge in [0, 0.05) is 58.2 Å². The highest BCUT2D eigenvalue weighted by atomic mass is 16.5. The molecule has 6 nitrogen and oxygen atoms in total. The van der Waals surface area contributed by atoms with Crippen LogP contribution in [0.1, 0.15) is 22.5 Å². The van der Waals surface area contributed by atoms with Crippen molar-refractivity contribution < 1.29 is 4.74 Å². The Bertz CT molecular complexity index is 2700. The van der Waals surface area contributed by atoms with E-state index in [0.29, 0.717) is 0 Å². The fourth-order valence-corrected chi connectivity index (χ4v) is 7.46. The fraction of sp³-hybridized carbons (Fsp3) is 0.116. The predicted octanol–water partition coefficient (Wildman–Crippen LogP) is 10.7. The van der Waals surface area contributed by atoms with Gasteiger partial charge in [0.25, 0.3) is 0 Å². The molecule has 0 aliphatic carbocycles. The molecule has 0 aliphatic heterocycles. The van der Waals surface area contributed by atoms with Gasteiger partial charge in [-0.05, 0) is 75.2 Å². The number of rotatable bonds is 5. The van der Waals surface area contributed by atoms with Crippen molar-refractivity contribution in [2.24, 2.45) is 7.05 Å². The van der Waals surface area contributed by atoms with Gasteiger partial charge in [-0.15, -0.1) is 0 Å². The molecule has 0 unspecified atom stereocenters. The van der Waals surface area contributed by atoms with Crippen molar-refractivity contribution in [3.05, 3.63) is 144 Å². The van der Waals surface area contributed by atoms with Crippen LogP contribution in [0.2, 0.25) is 0 Å². The number of hydrogen-bond acceptors (Lipinski definition) is 3. The molecule has 6 heteroatoms. The summed E-state index contributed by atoms with van der Waals surface area (Å²) in [5.74, 6) is 3.29. The van der Waals surface area contributed by atoms with Crippen LogP contribution in [0.5, 0.6) is 11.5 Å². The second kappa shape index (κ2) is 11.0. The van der Waals surface area contributed by atoms with E-state index in [-0.39, 0.29) is 0 Å². The molecule has 0 saturated carbocycles. The highest BCUT2D eigenvalue weighted by Gasteiger charge is 2.19. The van der Waals surface area contributed by atoms with Crippen molar-refractivity contribution in [2.45, 2.75) is 27.7 Å². The number of para-hydroxylation sites is 3. The minimum Gasteiger partial charge on any atom is -0.457 e. The van der Waals surface area contributed by atoms with Gasteiger partial charge in [0.15, 0.2) is 0 Å². The van der Waals surface area contributed by atoms with Gasteiger partial charge in [-0.1, -0.05) is 66.7 Å². The maximum absolute atomic E-state index is 6.54. The minimum absolute atomic E-state index is 0.755. The first-order valence-electron chi connectivity index (χ1n) is 16.6. The van der Waals surface area contributed by atoms with Gasteiger partial charge in [0.1, 0.15) is 23.1 Å². The van der Waals surface area contributed by atoms with Crippen molar-refractivity contribution in [1.82, 2.24) is 23.7 Å². The van der Waals surface area contributed by atoms with Gasteiger partial charge in [0.05, 0.1) is 33.4 Å². The van der Waals surface area contributed by atoms with E-state index < -0.39 is 0 Å². The first kappa shape index (κ1) is 29.0. The summed E-state index contributed by atoms with van der Waals surface area (Å²) in [5.41, 5.74) is 11.3. The van der Waals surface area contributed by atoms with E-state index in [9.17, 15) is 0 Å². The standard InChI is InChI=1S/C43H35N5O/c1-26-11-8-16-36-37-17-9-12-27(2)42(37)47(41(26)36)31-21-22-44-40(24-31)48-38-18-7-6-15-34(38)35-20-19-33(25-39(35)48)49-32-14-10-13-30(23-32)43-45-28(3)29(4)46(43)5/h6-25H,1-5H3. The van der Waals surface area contributed by atoms with Crippen molar-refractivity contribution >= 4 is 43.6 Å². The number of aryl methyl sites for hydroxylation is 3. The number of aromatic nitrogens is 5. The Morgan fingerprint density at radius 3 is 1.98 bits per heavy atom. The number of benzene rings is 5. The number of imidazole rings is 1. The first-order valence-corrected chi connectivity index (χ1v) is 16.6. The Kier molecular flexibility index (Phi) is 6.49. The number of ether oxygens (including phenoxy) is 1. The van der Waals surface area contributed by atoms with E-state index in [4.69, 9.17) is 14.7 Å². The third kappa shape index (κ3) is 4.48. The molecular weight excluding hydrogens is 603 g/mol. The molecule has 5 aromatic carbocycles. The van der Waals surface area contributed by atoms with Gasteiger partial charge in [-0.3, -0.25) is 4.57 Å². The average Bonchev–Trinajstić information content (AvgIpc) is 3.73. The smallest absolute Gasteiger partial charge is 0.140 e. The third-order valence-electron chi connectivity index (χ3n) is 10.0. The molecule has 0 atom stereocenters. The summed E-state index contributed by atoms with van der Waals surface area (Å²) in [4.78, 5) is 9.78. The lowest BCUT2D eigenvalue weighted by atomic mass is 10.1. The van der Waals surface area contributed by atoms with Crippen molar-refractivity contribution in [3.63, 3.8) is 0 Å². The molecule has 4 aromatic heterocycles. The van der Waals surface area contributed by atoms with Crippen LogP contribution in [-0.2, 0) is 7.05 Å². The molecule has 0 bridgehead atoms. The van der Waals surface area contributed by atoms with Gasteiger partial charge in [-0.2, -0.15) is 0 Å². The predicted molar refractivity (Wildman–Crippen MR) is 201 cm³/mol. The molecule has 0 amide bonds. The highest BCUT2D eigenvalue weighted by Crippen LogP contribution is 2.38. The number of fused-ring (bicyclic) bond motifs is 6. The SMILES string of the molecule is Cc1nc(-c2cccc(Oc3ccc4c5ccccc5n(-c5cc(-n6c7c(C)cccc7c7cccc(C)c76)ccn5)c4c3)c2)n(C)c1C. The monoisotopic (exact) mass is 637 g/mol. The van der Waals surface area contributed by atoms with Crippen LogP contribution in [0.3, 0.4) is 0 Å². The third-order valence-corrected chi connectivity index (χ3v) is 10.0. The number of pyridine rings is 1. The van der Waals surface area contributed by atoms with Crippen LogP contribution in [0.25, 0.3) is 66.5 Å². The Balaban J connectivity index is 1.20. The molecule has 9 rings (SSSR count). The topological polar surface area (TPSA) is 49.8 Å². The first-order chi connectivity index (χ1) is 23.9. The summed E-state index contributed by atoms with van der Waals surface area (Å²) < 4.78 is 13.3. The Labute approximate surface area is 284 Å². The molecule has 0 saturated heterocycles. The average molecular weight is 638 g/mol. The van der Waals surface area contributed by atoms with Gasteiger partial charge in [0.2, 0.25) is 0 Å². The highest BCUT2D eigenvalue weighted by molar-refractivity contribution is 6.12. The number of hydrogen-bond donors (Lipinski definition) is 0. The largest absolute Gasteiger partial charge is 0.457 e. The molecule has 0 fully saturated rings. The van der Waals surface area contributed by atoms with Crippen molar-refractivity contribution in [2.75, 3.05) is 0 Å². The zero-order valence-corrected chi connectivity index (χ0v) is 28.2. The summed E-state index contributed by atoms with van der Waals surface area (Å²) in [7, 11) is 2.05. The summed E-state index contributed by atoms with van der Waals surface area (Å²) >= 11 is 0. The van der Waals surface area contributed by atoms with Crippen LogP contribution in [-0.4, -0.2) is 23.7 Å². The molecule has 238 valence electrons. The van der Waals surface area contributed by atoms with Gasteiger partial charge < -0.3 is 13.9 Å². The Hall–Kier alpha value is -6.14. The molecule has 4 heterocycles. The van der Waals surface area contributed by atoms with Crippen LogP contribution in [0, 0.1) is 27.7 Å². The van der Waals surface area contributed by atoms with E-state index in [1.54, 1.807) is 0 Å². The molecule has 0 spiro atoms. The van der Waals surface area contributed by atoms with Crippen LogP contribution in [0.15, 0.2) is 121 Å². The quantitative estimate of drug-likeness (QED) is 0.189. The Morgan fingerprint density at radius 1 is 0.571 bits per heavy atom. The second-order valence-electron chi connectivity index (χ2n) is 13.0. The summed E-state index contributed by atoms with van der Waals surface area (Å²) in [6, 6.07) is 40.5. The van der Waals surface area contributed by atoms with Crippen LogP contribution < -0.4 is 4.74 Å². The zero-order chi connectivity index (χ0) is 33.4. The van der Waals surface area contributed by atoms with Crippen LogP contribution >= 0.6 is 0 Å². The van der Waals surface area contributed by atoms with E-state index in [2.05, 4.69) is 139 Å². The zero-order valence-electron chi connectivity index (χ0n) is 28.2. The van der Waals surface area contributed by atoms with Crippen molar-refractivity contribution in [1.29, 1.82) is 0 Å². The lowest BCUT2D eigenvalue weighted by Crippen LogP contribution is -2.02. The summed E-state index contributed by atoms with van der Waals surface area (Å²) in [5, 5.41) is 4.83. The second-order valence-corrected chi connectivity index (χ2v) is 13.0. The molecule has 9 aromatic rings. The van der Waals surface area contributed by atoms with Crippen molar-refractivity contribution in [3.8, 4) is 34.4 Å². The number of nitrogens with zero attached hydrogens (tertiary/aromatic N) is 5. The normalized spacial score (nSPS) is 11.8. The molecule has 0 N–H and O–H groups in total. The van der Waals surface area contributed by atoms with E-state index in [0.717, 1.165) is 62.2 Å². The van der Waals surface area contributed by atoms with Gasteiger partial charge >= 0.3 is 0 Å². The van der Waals surface area contributed by atoms with E-state index in [1.165, 1.54) is 38.3 Å². The Morgan fingerprint density at radius 2 is 1.24 bits per heavy atom. The van der Waals surface area contributed by atoms with E-state index in [1.807, 2.05) is 31.3 Å². The fourth-order valence-electron chi connectivity index (χ4n) is 7.46. The summed E-state index contributed by atoms with van der Waals surface area (Å²) in [6.07, 6.45) is 1.92. The van der Waals surface area contributed by atoms with Crippen LogP contribution in [0.4, 0.5) is 0 Å². The molecule has 0 radical (unpaired) electrons. The van der Waals surface area contributed by atoms with Gasteiger partial charge in [-0.25, -0.2) is 9.97 Å². The minimum atomic E-state index is 0.755. The lowest BCUT2D eigenvalue weighted by molar-refractivity contribution is 0.483. The lowest BCUT2D eigenvalue weighted by Gasteiger charge is -2.14. The maximum atomic E-state index is 6.54. The molecular formula is C43H35N5O. The maximum Gasteiger partial charge on any atom is 0.140 e. The molecule has 0 aliphatic rings. The van der Waals surface area contributed by atoms with E-state index >= 15 is 0 Å². The molecule has 49 heavy (non-hydrogen) atoms.